The van der Waals surface area contributed by atoms with Crippen molar-refractivity contribution in [3.05, 3.63) is 18.4 Å². The standard InChI is InChI=1S/C3H6N.Ta/c1-2-3-4;/h2,4H,1,3H2;/q-1;. The van der Waals surface area contributed by atoms with E-state index in [4.69, 9.17) is 5.73 Å². The molecule has 0 aromatic carbocycles. The van der Waals surface area contributed by atoms with E-state index >= 15 is 0 Å². The van der Waals surface area contributed by atoms with Gasteiger partial charge in [-0.15, -0.1) is 19.2 Å². The normalized spacial score (nSPS) is 5.00. The van der Waals surface area contributed by atoms with E-state index in [0.717, 1.165) is 0 Å². The van der Waals surface area contributed by atoms with Crippen molar-refractivity contribution in [3.8, 4) is 0 Å². The van der Waals surface area contributed by atoms with Crippen LogP contribution in [0.5, 0.6) is 0 Å². The van der Waals surface area contributed by atoms with Crippen LogP contribution in [0, 0.1) is 0 Å². The molecule has 0 rings (SSSR count). The Morgan fingerprint density at radius 1 is 1.80 bits per heavy atom. The molecule has 0 spiro atoms. The van der Waals surface area contributed by atoms with Gasteiger partial charge in [0.1, 0.15) is 0 Å². The second kappa shape index (κ2) is 8.83. The van der Waals surface area contributed by atoms with E-state index in [1.54, 1.807) is 6.08 Å². The molecule has 1 nitrogen and oxygen atoms in total. The first kappa shape index (κ1) is 9.06. The summed E-state index contributed by atoms with van der Waals surface area (Å²) in [6.45, 7) is 3.62. The summed E-state index contributed by atoms with van der Waals surface area (Å²) < 4.78 is 0. The van der Waals surface area contributed by atoms with E-state index in [1.165, 1.54) is 0 Å². The van der Waals surface area contributed by atoms with Gasteiger partial charge < -0.3 is 5.73 Å². The molecule has 0 aromatic heterocycles. The van der Waals surface area contributed by atoms with Crippen molar-refractivity contribution >= 4 is 0 Å². The average Bonchev–Trinajstić information content (AvgIpc) is 1.37. The van der Waals surface area contributed by atoms with Crippen molar-refractivity contribution in [3.63, 3.8) is 0 Å². The summed E-state index contributed by atoms with van der Waals surface area (Å²) in [6.07, 6.45) is 1.54. The maximum atomic E-state index is 6.33. The van der Waals surface area contributed by atoms with Crippen LogP contribution < -0.4 is 0 Å². The largest absolute Gasteiger partial charge is 0.674 e. The van der Waals surface area contributed by atoms with Crippen molar-refractivity contribution in [2.75, 3.05) is 6.54 Å². The van der Waals surface area contributed by atoms with E-state index < -0.39 is 0 Å². The Morgan fingerprint density at radius 3 is 2.00 bits per heavy atom. The molecule has 0 aromatic rings. The van der Waals surface area contributed by atoms with Crippen LogP contribution in [0.25, 0.3) is 5.73 Å². The number of hydrogen-bond acceptors (Lipinski definition) is 0. The summed E-state index contributed by atoms with van der Waals surface area (Å²) in [7, 11) is 0. The molecular weight excluding hydrogens is 231 g/mol. The summed E-state index contributed by atoms with van der Waals surface area (Å²) in [6, 6.07) is 0. The minimum absolute atomic E-state index is 0. The molecule has 0 unspecified atom stereocenters. The van der Waals surface area contributed by atoms with Gasteiger partial charge in [-0.2, -0.15) is 0 Å². The van der Waals surface area contributed by atoms with E-state index in [1.807, 2.05) is 0 Å². The second-order valence-corrected chi connectivity index (χ2v) is 0.493. The number of nitrogens with one attached hydrogen (secondary N) is 1. The number of hydrogen-bond donors (Lipinski definition) is 0. The average molecular weight is 237 g/mol. The molecule has 0 aliphatic heterocycles. The predicted molar refractivity (Wildman–Crippen MR) is 19.4 cm³/mol. The third-order valence-electron chi connectivity index (χ3n) is 0.144. The third kappa shape index (κ3) is 12.7. The van der Waals surface area contributed by atoms with Gasteiger partial charge in [0.05, 0.1) is 0 Å². The van der Waals surface area contributed by atoms with Gasteiger partial charge in [0.25, 0.3) is 0 Å². The molecule has 0 amide bonds. The van der Waals surface area contributed by atoms with Gasteiger partial charge in [-0.3, -0.25) is 0 Å². The first-order valence-electron chi connectivity index (χ1n) is 1.17. The van der Waals surface area contributed by atoms with Gasteiger partial charge in [-0.1, -0.05) is 0 Å². The Kier molecular flexibility index (Phi) is 16.0. The molecule has 0 atom stereocenters. The van der Waals surface area contributed by atoms with Crippen molar-refractivity contribution in [1.82, 2.24) is 0 Å². The van der Waals surface area contributed by atoms with E-state index in [-0.39, 0.29) is 22.4 Å². The van der Waals surface area contributed by atoms with Crippen LogP contribution in [-0.2, 0) is 22.4 Å². The summed E-state index contributed by atoms with van der Waals surface area (Å²) >= 11 is 0. The molecule has 0 fully saturated rings. The van der Waals surface area contributed by atoms with Gasteiger partial charge in [-0.25, -0.2) is 0 Å². The molecule has 0 aliphatic rings. The van der Waals surface area contributed by atoms with Crippen molar-refractivity contribution < 1.29 is 22.4 Å². The first-order valence-corrected chi connectivity index (χ1v) is 1.17. The molecule has 0 heterocycles. The zero-order valence-electron chi connectivity index (χ0n) is 2.94. The summed E-state index contributed by atoms with van der Waals surface area (Å²) in [5, 5.41) is 0. The maximum Gasteiger partial charge on any atom is 0 e. The van der Waals surface area contributed by atoms with Crippen LogP contribution in [-0.4, -0.2) is 6.54 Å². The Bertz CT molecular complexity index is 20.9. The SMILES string of the molecule is C=CC[NH-].[Ta]. The Balaban J connectivity index is 0. The smallest absolute Gasteiger partial charge is 0 e. The fourth-order valence-corrected chi connectivity index (χ4v) is 0. The molecule has 1 N–H and O–H groups in total. The Hall–Kier alpha value is 0.440. The topological polar surface area (TPSA) is 23.8 Å². The molecule has 5 heavy (non-hydrogen) atoms. The van der Waals surface area contributed by atoms with E-state index in [0.29, 0.717) is 6.54 Å². The Labute approximate surface area is 47.8 Å². The van der Waals surface area contributed by atoms with E-state index in [2.05, 4.69) is 6.58 Å². The van der Waals surface area contributed by atoms with Gasteiger partial charge in [-0.05, 0) is 0 Å². The van der Waals surface area contributed by atoms with Gasteiger partial charge in [0.15, 0.2) is 0 Å². The van der Waals surface area contributed by atoms with Crippen LogP contribution in [0.3, 0.4) is 0 Å². The van der Waals surface area contributed by atoms with E-state index in [9.17, 15) is 0 Å². The zero-order valence-corrected chi connectivity index (χ0v) is 6.15. The summed E-state index contributed by atoms with van der Waals surface area (Å²) in [4.78, 5) is 0. The maximum absolute atomic E-state index is 6.33. The van der Waals surface area contributed by atoms with Gasteiger partial charge in [0.2, 0.25) is 0 Å². The second-order valence-electron chi connectivity index (χ2n) is 0.493. The van der Waals surface area contributed by atoms with Crippen molar-refractivity contribution in [2.24, 2.45) is 0 Å². The molecule has 0 saturated carbocycles. The minimum atomic E-state index is 0. The van der Waals surface area contributed by atoms with Crippen LogP contribution >= 0.6 is 0 Å². The zero-order chi connectivity index (χ0) is 3.41. The van der Waals surface area contributed by atoms with Crippen LogP contribution in [0.2, 0.25) is 0 Å². The first-order chi connectivity index (χ1) is 1.91. The van der Waals surface area contributed by atoms with Crippen LogP contribution in [0.4, 0.5) is 0 Å². The molecular formula is C3H6NTa-. The van der Waals surface area contributed by atoms with Crippen molar-refractivity contribution in [1.29, 1.82) is 0 Å². The molecule has 1 radical (unpaired) electrons. The fraction of sp³-hybridized carbons (Fsp3) is 0.333. The van der Waals surface area contributed by atoms with Crippen LogP contribution in [0.15, 0.2) is 12.7 Å². The summed E-state index contributed by atoms with van der Waals surface area (Å²) in [5.74, 6) is 0. The van der Waals surface area contributed by atoms with Crippen LogP contribution in [0.1, 0.15) is 0 Å². The predicted octanol–water partition coefficient (Wildman–Crippen LogP) is 1.22. The minimum Gasteiger partial charge on any atom is -0.674 e. The fourth-order valence-electron chi connectivity index (χ4n) is 0. The number of rotatable bonds is 1. The molecule has 0 aliphatic carbocycles. The van der Waals surface area contributed by atoms with Gasteiger partial charge in [0, 0.05) is 22.4 Å². The molecule has 0 bridgehead atoms. The summed E-state index contributed by atoms with van der Waals surface area (Å²) in [5.41, 5.74) is 6.33. The quantitative estimate of drug-likeness (QED) is 0.612. The Morgan fingerprint density at radius 2 is 2.00 bits per heavy atom. The molecule has 29 valence electrons. The molecule has 2 heteroatoms. The monoisotopic (exact) mass is 237 g/mol. The van der Waals surface area contributed by atoms with Gasteiger partial charge >= 0.3 is 0 Å². The third-order valence-corrected chi connectivity index (χ3v) is 0.144. The van der Waals surface area contributed by atoms with Crippen molar-refractivity contribution in [2.45, 2.75) is 0 Å². The molecule has 0 saturated heterocycles.